The average Bonchev–Trinajstić information content (AvgIpc) is 3.02. The first-order valence-electron chi connectivity index (χ1n) is 7.98. The van der Waals surface area contributed by atoms with Crippen molar-refractivity contribution in [2.75, 3.05) is 7.05 Å². The summed E-state index contributed by atoms with van der Waals surface area (Å²) in [5.41, 5.74) is 3.80. The zero-order valence-electron chi connectivity index (χ0n) is 13.4. The smallest absolute Gasteiger partial charge is 0.522 e. The normalized spacial score (nSPS) is 16.7. The number of carbonyl (C=O) groups is 1. The van der Waals surface area contributed by atoms with Crippen molar-refractivity contribution < 1.29 is 19.6 Å². The van der Waals surface area contributed by atoms with Crippen LogP contribution in [0.15, 0.2) is 18.3 Å². The fourth-order valence-electron chi connectivity index (χ4n) is 3.46. The Morgan fingerprint density at radius 3 is 2.96 bits per heavy atom. The van der Waals surface area contributed by atoms with E-state index in [1.54, 1.807) is 4.68 Å². The number of aromatic carboxylic acids is 1. The predicted octanol–water partition coefficient (Wildman–Crippen LogP) is 0.990. The number of hydrogen-bond donors (Lipinski definition) is 2. The molecule has 0 fully saturated rings. The average molecular weight is 327 g/mol. The van der Waals surface area contributed by atoms with E-state index in [9.17, 15) is 14.9 Å². The number of aromatic nitrogens is 2. The highest BCUT2D eigenvalue weighted by atomic mass is 16.5. The highest BCUT2D eigenvalue weighted by Crippen LogP contribution is 2.33. The molecule has 2 aromatic rings. The fraction of sp³-hybridized carbons (Fsp3) is 0.375. The van der Waals surface area contributed by atoms with E-state index in [2.05, 4.69) is 10.00 Å². The summed E-state index contributed by atoms with van der Waals surface area (Å²) in [4.78, 5) is 14.0. The topological polar surface area (TPSA) is 87.8 Å². The molecule has 0 unspecified atom stereocenters. The molecule has 0 bridgehead atoms. The Labute approximate surface area is 139 Å². The van der Waals surface area contributed by atoms with Crippen LogP contribution >= 0.6 is 0 Å². The van der Waals surface area contributed by atoms with Gasteiger partial charge in [-0.15, -0.1) is 0 Å². The number of nitrogens with zero attached hydrogens (tertiary/aromatic N) is 3. The molecule has 2 aliphatic heterocycles. The summed E-state index contributed by atoms with van der Waals surface area (Å²) in [5, 5.41) is 23.9. The van der Waals surface area contributed by atoms with E-state index in [4.69, 9.17) is 4.65 Å². The van der Waals surface area contributed by atoms with Gasteiger partial charge in [-0.3, -0.25) is 9.58 Å². The summed E-state index contributed by atoms with van der Waals surface area (Å²) in [7, 11) is 1.09. The van der Waals surface area contributed by atoms with Crippen LogP contribution in [0.3, 0.4) is 0 Å². The number of benzene rings is 1. The highest BCUT2D eigenvalue weighted by molar-refractivity contribution is 6.44. The Balaban J connectivity index is 1.69. The van der Waals surface area contributed by atoms with Crippen molar-refractivity contribution in [1.82, 2.24) is 14.7 Å². The number of hydrogen-bond acceptors (Lipinski definition) is 5. The van der Waals surface area contributed by atoms with Gasteiger partial charge in [0.15, 0.2) is 0 Å². The van der Waals surface area contributed by atoms with Crippen molar-refractivity contribution >= 4 is 13.1 Å². The minimum absolute atomic E-state index is 0.124. The molecule has 0 spiro atoms. The molecule has 0 saturated carbocycles. The number of carboxylic acids is 1. The lowest BCUT2D eigenvalue weighted by atomic mass is 9.78. The lowest BCUT2D eigenvalue weighted by molar-refractivity contribution is 0.0693. The monoisotopic (exact) mass is 327 g/mol. The van der Waals surface area contributed by atoms with Crippen molar-refractivity contribution in [1.29, 1.82) is 0 Å². The molecule has 0 saturated heterocycles. The molecule has 0 atom stereocenters. The minimum Gasteiger partial charge on any atom is -0.535 e. The lowest BCUT2D eigenvalue weighted by Gasteiger charge is -2.23. The van der Waals surface area contributed by atoms with Gasteiger partial charge < -0.3 is 14.8 Å². The first kappa shape index (κ1) is 15.2. The number of aryl methyl sites for hydroxylation is 1. The summed E-state index contributed by atoms with van der Waals surface area (Å²) >= 11 is 0. The molecule has 3 heterocycles. The van der Waals surface area contributed by atoms with Crippen LogP contribution in [0, 0.1) is 0 Å². The zero-order chi connectivity index (χ0) is 16.8. The number of rotatable bonds is 3. The van der Waals surface area contributed by atoms with Crippen LogP contribution in [-0.2, 0) is 26.1 Å². The van der Waals surface area contributed by atoms with E-state index in [0.717, 1.165) is 24.3 Å². The van der Waals surface area contributed by atoms with Gasteiger partial charge in [-0.1, -0.05) is 12.1 Å². The molecular formula is C16H18BN3O4. The molecule has 1 aromatic heterocycles. The Bertz CT molecular complexity index is 796. The van der Waals surface area contributed by atoms with Crippen molar-refractivity contribution in [3.63, 3.8) is 0 Å². The van der Waals surface area contributed by atoms with Crippen LogP contribution in [0.1, 0.15) is 32.7 Å². The van der Waals surface area contributed by atoms with Gasteiger partial charge in [0.05, 0.1) is 12.2 Å². The second kappa shape index (κ2) is 5.64. The highest BCUT2D eigenvalue weighted by Gasteiger charge is 2.29. The van der Waals surface area contributed by atoms with Gasteiger partial charge in [0.1, 0.15) is 11.3 Å². The largest absolute Gasteiger partial charge is 0.535 e. The van der Waals surface area contributed by atoms with Crippen LogP contribution < -0.4 is 4.65 Å². The van der Waals surface area contributed by atoms with Gasteiger partial charge in [-0.25, -0.2) is 4.79 Å². The number of fused-ring (bicyclic) bond motifs is 2. The third-order valence-corrected chi connectivity index (χ3v) is 4.57. The standard InChI is InChI=1S/C16H18BN3O4/c1-19-6-12-8-20(18-13(12)9-19)7-11-3-2-10-4-5-17(23)24-15(10)14(11)16(21)22/h2-3,8,23H,4-7,9H2,1H3,(H,21,22). The second-order valence-corrected chi connectivity index (χ2v) is 6.48. The molecule has 124 valence electrons. The van der Waals surface area contributed by atoms with Gasteiger partial charge in [0.25, 0.3) is 0 Å². The summed E-state index contributed by atoms with van der Waals surface area (Å²) in [6, 6.07) is 3.70. The molecule has 24 heavy (non-hydrogen) atoms. The summed E-state index contributed by atoms with van der Waals surface area (Å²) in [5.74, 6) is -0.756. The van der Waals surface area contributed by atoms with Gasteiger partial charge in [-0.05, 0) is 30.9 Å². The Hall–Kier alpha value is -2.32. The maximum absolute atomic E-state index is 11.8. The van der Waals surface area contributed by atoms with Crippen molar-refractivity contribution in [3.8, 4) is 5.75 Å². The van der Waals surface area contributed by atoms with Gasteiger partial charge in [-0.2, -0.15) is 5.10 Å². The van der Waals surface area contributed by atoms with Gasteiger partial charge in [0, 0.05) is 24.8 Å². The van der Waals surface area contributed by atoms with Crippen LogP contribution in [-0.4, -0.2) is 44.9 Å². The maximum atomic E-state index is 11.8. The molecule has 0 aliphatic carbocycles. The van der Waals surface area contributed by atoms with E-state index >= 15 is 0 Å². The van der Waals surface area contributed by atoms with Crippen molar-refractivity contribution in [2.45, 2.75) is 32.4 Å². The zero-order valence-corrected chi connectivity index (χ0v) is 13.4. The quantitative estimate of drug-likeness (QED) is 0.818. The summed E-state index contributed by atoms with van der Waals surface area (Å²) < 4.78 is 7.20. The molecule has 2 aliphatic rings. The van der Waals surface area contributed by atoms with Gasteiger partial charge in [0.2, 0.25) is 0 Å². The second-order valence-electron chi connectivity index (χ2n) is 6.48. The summed E-state index contributed by atoms with van der Waals surface area (Å²) in [6.45, 7) is 2.04. The lowest BCUT2D eigenvalue weighted by Crippen LogP contribution is -2.28. The molecule has 2 N–H and O–H groups in total. The van der Waals surface area contributed by atoms with E-state index in [1.807, 2.05) is 25.4 Å². The van der Waals surface area contributed by atoms with E-state index in [0.29, 0.717) is 24.8 Å². The molecule has 7 nitrogen and oxygen atoms in total. The third kappa shape index (κ3) is 2.57. The van der Waals surface area contributed by atoms with Crippen molar-refractivity contribution in [2.24, 2.45) is 0 Å². The molecule has 8 heteroatoms. The predicted molar refractivity (Wildman–Crippen MR) is 87.0 cm³/mol. The summed E-state index contributed by atoms with van der Waals surface area (Å²) in [6.07, 6.45) is 3.06. The Morgan fingerprint density at radius 1 is 1.38 bits per heavy atom. The molecule has 1 aromatic carbocycles. The van der Waals surface area contributed by atoms with E-state index in [-0.39, 0.29) is 11.3 Å². The number of carboxylic acid groups (broad SMARTS) is 1. The van der Waals surface area contributed by atoms with Crippen LogP contribution in [0.25, 0.3) is 0 Å². The Morgan fingerprint density at radius 2 is 2.21 bits per heavy atom. The first-order valence-corrected chi connectivity index (χ1v) is 7.98. The van der Waals surface area contributed by atoms with Crippen LogP contribution in [0.4, 0.5) is 0 Å². The Kier molecular flexibility index (Phi) is 3.58. The first-order chi connectivity index (χ1) is 11.5. The SMILES string of the molecule is CN1Cc2cn(Cc3ccc4c(c3C(=O)O)OB(O)CC4)nc2C1. The molecule has 0 amide bonds. The van der Waals surface area contributed by atoms with Crippen LogP contribution in [0.2, 0.25) is 6.32 Å². The molecular weight excluding hydrogens is 309 g/mol. The van der Waals surface area contributed by atoms with Crippen molar-refractivity contribution in [3.05, 3.63) is 46.3 Å². The third-order valence-electron chi connectivity index (χ3n) is 4.57. The maximum Gasteiger partial charge on any atom is 0.522 e. The minimum atomic E-state index is -1.05. The fourth-order valence-corrected chi connectivity index (χ4v) is 3.46. The van der Waals surface area contributed by atoms with E-state index in [1.165, 1.54) is 5.56 Å². The van der Waals surface area contributed by atoms with Gasteiger partial charge >= 0.3 is 13.1 Å². The van der Waals surface area contributed by atoms with Crippen LogP contribution in [0.5, 0.6) is 5.75 Å². The molecule has 0 radical (unpaired) electrons. The van der Waals surface area contributed by atoms with E-state index < -0.39 is 13.1 Å². The molecule has 4 rings (SSSR count).